The average Bonchev–Trinajstić information content (AvgIpc) is 2.10. The van der Waals surface area contributed by atoms with Gasteiger partial charge in [0.2, 0.25) is 0 Å². The maximum absolute atomic E-state index is 10.8. The van der Waals surface area contributed by atoms with Crippen molar-refractivity contribution in [3.63, 3.8) is 0 Å². The lowest BCUT2D eigenvalue weighted by molar-refractivity contribution is 0.602. The van der Waals surface area contributed by atoms with Crippen molar-refractivity contribution in [2.75, 3.05) is 17.8 Å². The van der Waals surface area contributed by atoms with Gasteiger partial charge in [-0.25, -0.2) is 8.42 Å². The summed E-state index contributed by atoms with van der Waals surface area (Å²) in [6.07, 6.45) is 2.81. The molecule has 0 aromatic heterocycles. The fraction of sp³-hybridized carbons (Fsp3) is 1.00. The summed E-state index contributed by atoms with van der Waals surface area (Å²) in [6.45, 7) is 0. The number of rotatable bonds is 1. The molecule has 0 bridgehead atoms. The van der Waals surface area contributed by atoms with Crippen LogP contribution in [0.25, 0.3) is 0 Å². The molecule has 0 amide bonds. The molecule has 1 rings (SSSR count). The van der Waals surface area contributed by atoms with Gasteiger partial charge in [-0.05, 0) is 12.7 Å². The molecule has 1 fully saturated rings. The molecule has 1 aliphatic rings. The summed E-state index contributed by atoms with van der Waals surface area (Å²) in [5.41, 5.74) is 0. The number of thioether (sulfide) groups is 1. The maximum atomic E-state index is 10.8. The molecular weight excluding hydrogens is 156 g/mol. The topological polar surface area (TPSA) is 34.1 Å². The van der Waals surface area contributed by atoms with Crippen molar-refractivity contribution in [2.24, 2.45) is 0 Å². The highest BCUT2D eigenvalue weighted by Crippen LogP contribution is 2.21. The molecular formula is C5H10O2S2. The molecule has 1 atom stereocenters. The summed E-state index contributed by atoms with van der Waals surface area (Å²) in [4.78, 5) is 0. The van der Waals surface area contributed by atoms with E-state index in [4.69, 9.17) is 0 Å². The van der Waals surface area contributed by atoms with Crippen LogP contribution in [0.1, 0.15) is 6.42 Å². The van der Waals surface area contributed by atoms with E-state index < -0.39 is 9.84 Å². The molecule has 4 heteroatoms. The van der Waals surface area contributed by atoms with Crippen molar-refractivity contribution in [3.8, 4) is 0 Å². The van der Waals surface area contributed by atoms with Crippen LogP contribution < -0.4 is 0 Å². The number of hydrogen-bond acceptors (Lipinski definition) is 3. The van der Waals surface area contributed by atoms with Crippen LogP contribution in [0.2, 0.25) is 0 Å². The van der Waals surface area contributed by atoms with Gasteiger partial charge in [0.25, 0.3) is 0 Å². The third-order valence-electron chi connectivity index (χ3n) is 1.52. The van der Waals surface area contributed by atoms with E-state index >= 15 is 0 Å². The van der Waals surface area contributed by atoms with E-state index in [9.17, 15) is 8.42 Å². The van der Waals surface area contributed by atoms with E-state index in [0.29, 0.717) is 16.8 Å². The van der Waals surface area contributed by atoms with E-state index in [2.05, 4.69) is 0 Å². The second kappa shape index (κ2) is 2.50. The van der Waals surface area contributed by atoms with Crippen LogP contribution in [-0.2, 0) is 9.84 Å². The SMILES string of the molecule is CSC1CCS(=O)(=O)C1. The Bertz CT molecular complexity index is 183. The van der Waals surface area contributed by atoms with E-state index in [1.807, 2.05) is 6.26 Å². The average molecular weight is 166 g/mol. The molecule has 0 aromatic carbocycles. The first-order chi connectivity index (χ1) is 4.14. The molecule has 9 heavy (non-hydrogen) atoms. The Morgan fingerprint density at radius 3 is 2.44 bits per heavy atom. The van der Waals surface area contributed by atoms with E-state index in [1.54, 1.807) is 11.8 Å². The fourth-order valence-electron chi connectivity index (χ4n) is 0.947. The van der Waals surface area contributed by atoms with Crippen LogP contribution in [-0.4, -0.2) is 31.4 Å². The van der Waals surface area contributed by atoms with Crippen LogP contribution in [0.5, 0.6) is 0 Å². The van der Waals surface area contributed by atoms with Gasteiger partial charge in [0, 0.05) is 5.25 Å². The van der Waals surface area contributed by atoms with E-state index in [1.165, 1.54) is 0 Å². The first kappa shape index (κ1) is 7.41. The fourth-order valence-corrected chi connectivity index (χ4v) is 4.16. The van der Waals surface area contributed by atoms with Gasteiger partial charge in [-0.1, -0.05) is 0 Å². The van der Waals surface area contributed by atoms with Crippen molar-refractivity contribution in [2.45, 2.75) is 11.7 Å². The van der Waals surface area contributed by atoms with Crippen molar-refractivity contribution < 1.29 is 8.42 Å². The quantitative estimate of drug-likeness (QED) is 0.570. The Morgan fingerprint density at radius 1 is 1.56 bits per heavy atom. The van der Waals surface area contributed by atoms with E-state index in [-0.39, 0.29) is 0 Å². The number of sulfone groups is 1. The zero-order valence-corrected chi connectivity index (χ0v) is 6.96. The third-order valence-corrected chi connectivity index (χ3v) is 4.57. The van der Waals surface area contributed by atoms with Gasteiger partial charge in [0.15, 0.2) is 9.84 Å². The maximum Gasteiger partial charge on any atom is 0.151 e. The molecule has 0 saturated carbocycles. The van der Waals surface area contributed by atoms with E-state index in [0.717, 1.165) is 6.42 Å². The van der Waals surface area contributed by atoms with Gasteiger partial charge in [0.05, 0.1) is 11.5 Å². The standard InChI is InChI=1S/C5H10O2S2/c1-8-5-2-3-9(6,7)4-5/h5H,2-4H2,1H3. The van der Waals surface area contributed by atoms with Crippen LogP contribution in [0.3, 0.4) is 0 Å². The first-order valence-electron chi connectivity index (χ1n) is 2.87. The lowest BCUT2D eigenvalue weighted by Crippen LogP contribution is -2.05. The Balaban J connectivity index is 2.58. The summed E-state index contributed by atoms with van der Waals surface area (Å²) in [7, 11) is -2.63. The Kier molecular flexibility index (Phi) is 2.06. The molecule has 1 saturated heterocycles. The molecule has 0 aliphatic carbocycles. The predicted molar refractivity (Wildman–Crippen MR) is 40.6 cm³/mol. The summed E-state index contributed by atoms with van der Waals surface area (Å²) < 4.78 is 21.6. The molecule has 1 heterocycles. The molecule has 1 aliphatic heterocycles. The van der Waals surface area contributed by atoms with Crippen molar-refractivity contribution in [3.05, 3.63) is 0 Å². The zero-order valence-electron chi connectivity index (χ0n) is 5.33. The largest absolute Gasteiger partial charge is 0.229 e. The lowest BCUT2D eigenvalue weighted by Gasteiger charge is -1.98. The van der Waals surface area contributed by atoms with Crippen LogP contribution in [0.4, 0.5) is 0 Å². The van der Waals surface area contributed by atoms with Gasteiger partial charge < -0.3 is 0 Å². The minimum atomic E-state index is -2.63. The smallest absolute Gasteiger partial charge is 0.151 e. The van der Waals surface area contributed by atoms with Crippen LogP contribution in [0.15, 0.2) is 0 Å². The van der Waals surface area contributed by atoms with Gasteiger partial charge >= 0.3 is 0 Å². The molecule has 1 unspecified atom stereocenters. The zero-order chi connectivity index (χ0) is 6.91. The monoisotopic (exact) mass is 166 g/mol. The van der Waals surface area contributed by atoms with Gasteiger partial charge in [-0.2, -0.15) is 11.8 Å². The Hall–Kier alpha value is 0.300. The second-order valence-electron chi connectivity index (χ2n) is 2.26. The van der Waals surface area contributed by atoms with Gasteiger partial charge in [0.1, 0.15) is 0 Å². The summed E-state index contributed by atoms with van der Waals surface area (Å²) in [5, 5.41) is 0.370. The highest BCUT2D eigenvalue weighted by Gasteiger charge is 2.26. The van der Waals surface area contributed by atoms with Crippen molar-refractivity contribution in [1.29, 1.82) is 0 Å². The van der Waals surface area contributed by atoms with Crippen molar-refractivity contribution in [1.82, 2.24) is 0 Å². The third kappa shape index (κ3) is 1.86. The summed E-state index contributed by atoms with van der Waals surface area (Å²) in [5.74, 6) is 0.798. The predicted octanol–water partition coefficient (Wildman–Crippen LogP) is 0.536. The Labute approximate surface area is 59.9 Å². The molecule has 2 nitrogen and oxygen atoms in total. The highest BCUT2D eigenvalue weighted by atomic mass is 32.2. The molecule has 0 spiro atoms. The Morgan fingerprint density at radius 2 is 2.22 bits per heavy atom. The van der Waals surface area contributed by atoms with Crippen LogP contribution >= 0.6 is 11.8 Å². The second-order valence-corrected chi connectivity index (χ2v) is 5.63. The number of hydrogen-bond donors (Lipinski definition) is 0. The van der Waals surface area contributed by atoms with Gasteiger partial charge in [-0.3, -0.25) is 0 Å². The minimum absolute atomic E-state index is 0.370. The molecule has 54 valence electrons. The van der Waals surface area contributed by atoms with Gasteiger partial charge in [-0.15, -0.1) is 0 Å². The first-order valence-corrected chi connectivity index (χ1v) is 5.98. The minimum Gasteiger partial charge on any atom is -0.229 e. The molecule has 0 radical (unpaired) electrons. The molecule has 0 aromatic rings. The summed E-state index contributed by atoms with van der Waals surface area (Å²) in [6, 6.07) is 0. The highest BCUT2D eigenvalue weighted by molar-refractivity contribution is 8.01. The van der Waals surface area contributed by atoms with Crippen LogP contribution in [0, 0.1) is 0 Å². The lowest BCUT2D eigenvalue weighted by atomic mass is 10.4. The van der Waals surface area contributed by atoms with Crippen molar-refractivity contribution >= 4 is 21.6 Å². The summed E-state index contributed by atoms with van der Waals surface area (Å²) >= 11 is 1.66. The normalized spacial score (nSPS) is 32.8. The molecule has 0 N–H and O–H groups in total.